The summed E-state index contributed by atoms with van der Waals surface area (Å²) < 4.78 is 1.12. The highest BCUT2D eigenvalue weighted by molar-refractivity contribution is 9.10. The van der Waals surface area contributed by atoms with Crippen LogP contribution in [0.2, 0.25) is 0 Å². The summed E-state index contributed by atoms with van der Waals surface area (Å²) in [5, 5.41) is 0. The van der Waals surface area contributed by atoms with Gasteiger partial charge in [0.2, 0.25) is 0 Å². The molecule has 1 radical (unpaired) electrons. The minimum Gasteiger partial charge on any atom is -0.0581 e. The Morgan fingerprint density at radius 2 is 1.81 bits per heavy atom. The molecule has 2 aromatic rings. The third-order valence-corrected chi connectivity index (χ3v) is 3.56. The molecule has 0 aromatic heterocycles. The molecule has 0 N–H and O–H groups in total. The summed E-state index contributed by atoms with van der Waals surface area (Å²) in [6.45, 7) is 0. The molecule has 3 rings (SSSR count). The van der Waals surface area contributed by atoms with Crippen LogP contribution < -0.4 is 0 Å². The molecule has 1 heteroatoms. The molecule has 0 saturated heterocycles. The first-order chi connectivity index (χ1) is 7.83. The molecule has 1 saturated carbocycles. The van der Waals surface area contributed by atoms with Crippen molar-refractivity contribution in [3.63, 3.8) is 0 Å². The van der Waals surface area contributed by atoms with Crippen molar-refractivity contribution in [3.8, 4) is 11.1 Å². The van der Waals surface area contributed by atoms with Gasteiger partial charge in [-0.25, -0.2) is 0 Å². The smallest absolute Gasteiger partial charge is 0.0175 e. The molecule has 1 aliphatic carbocycles. The molecule has 16 heavy (non-hydrogen) atoms. The zero-order valence-corrected chi connectivity index (χ0v) is 10.5. The van der Waals surface area contributed by atoms with Gasteiger partial charge in [0.05, 0.1) is 0 Å². The minimum absolute atomic E-state index is 0.809. The van der Waals surface area contributed by atoms with E-state index >= 15 is 0 Å². The van der Waals surface area contributed by atoms with Crippen LogP contribution >= 0.6 is 15.9 Å². The first kappa shape index (κ1) is 10.1. The van der Waals surface area contributed by atoms with Gasteiger partial charge in [0.15, 0.2) is 0 Å². The Hall–Kier alpha value is -1.08. The van der Waals surface area contributed by atoms with Crippen molar-refractivity contribution in [2.75, 3.05) is 0 Å². The lowest BCUT2D eigenvalue weighted by atomic mass is 10.0. The summed E-state index contributed by atoms with van der Waals surface area (Å²) in [4.78, 5) is 0. The predicted molar refractivity (Wildman–Crippen MR) is 70.4 cm³/mol. The van der Waals surface area contributed by atoms with Crippen LogP contribution in [0.4, 0.5) is 0 Å². The van der Waals surface area contributed by atoms with Crippen molar-refractivity contribution in [3.05, 3.63) is 58.6 Å². The van der Waals surface area contributed by atoms with E-state index in [9.17, 15) is 0 Å². The first-order valence-corrected chi connectivity index (χ1v) is 6.40. The van der Waals surface area contributed by atoms with Gasteiger partial charge >= 0.3 is 0 Å². The van der Waals surface area contributed by atoms with E-state index in [0.29, 0.717) is 0 Å². The van der Waals surface area contributed by atoms with Crippen LogP contribution in [0.25, 0.3) is 11.1 Å². The van der Waals surface area contributed by atoms with E-state index in [1.807, 2.05) is 6.07 Å². The standard InChI is InChI=1S/C15H12Br/c16-15-8-6-12(7-9-15)14-3-1-2-13(10-14)11-4-5-11/h1-2,6-11H,4-5H2. The lowest BCUT2D eigenvalue weighted by molar-refractivity contribution is 1.13. The zero-order chi connectivity index (χ0) is 11.0. The van der Waals surface area contributed by atoms with Crippen molar-refractivity contribution < 1.29 is 0 Å². The predicted octanol–water partition coefficient (Wildman–Crippen LogP) is 4.79. The highest BCUT2D eigenvalue weighted by atomic mass is 79.9. The van der Waals surface area contributed by atoms with E-state index in [1.54, 1.807) is 0 Å². The largest absolute Gasteiger partial charge is 0.0581 e. The van der Waals surface area contributed by atoms with Crippen LogP contribution in [0.5, 0.6) is 0 Å². The maximum atomic E-state index is 3.46. The Bertz CT molecular complexity index is 495. The highest BCUT2D eigenvalue weighted by Gasteiger charge is 2.23. The van der Waals surface area contributed by atoms with E-state index < -0.39 is 0 Å². The van der Waals surface area contributed by atoms with Gasteiger partial charge in [0.25, 0.3) is 0 Å². The number of hydrogen-bond acceptors (Lipinski definition) is 0. The molecule has 2 aromatic carbocycles. The van der Waals surface area contributed by atoms with Gasteiger partial charge in [-0.2, -0.15) is 0 Å². The van der Waals surface area contributed by atoms with Crippen molar-refractivity contribution in [1.29, 1.82) is 0 Å². The molecular formula is C15H12Br. The Morgan fingerprint density at radius 3 is 2.50 bits per heavy atom. The molecule has 0 heterocycles. The first-order valence-electron chi connectivity index (χ1n) is 5.60. The van der Waals surface area contributed by atoms with Crippen molar-refractivity contribution >= 4 is 15.9 Å². The highest BCUT2D eigenvalue weighted by Crippen LogP contribution is 2.41. The Labute approximate surface area is 104 Å². The van der Waals surface area contributed by atoms with Gasteiger partial charge in [-0.15, -0.1) is 0 Å². The van der Waals surface area contributed by atoms with Crippen molar-refractivity contribution in [1.82, 2.24) is 0 Å². The monoisotopic (exact) mass is 271 g/mol. The average Bonchev–Trinajstić information content (AvgIpc) is 3.14. The Balaban J connectivity index is 1.98. The second-order valence-corrected chi connectivity index (χ2v) is 5.23. The number of rotatable bonds is 2. The van der Waals surface area contributed by atoms with Gasteiger partial charge in [0, 0.05) is 4.47 Å². The van der Waals surface area contributed by atoms with E-state index in [2.05, 4.69) is 58.4 Å². The summed E-state index contributed by atoms with van der Waals surface area (Å²) in [6, 6.07) is 18.2. The molecule has 0 unspecified atom stereocenters. The summed E-state index contributed by atoms with van der Waals surface area (Å²) in [5.74, 6) is 0.809. The minimum atomic E-state index is 0.809. The molecule has 0 amide bonds. The summed E-state index contributed by atoms with van der Waals surface area (Å²) in [7, 11) is 0. The fourth-order valence-electron chi connectivity index (χ4n) is 1.95. The molecular weight excluding hydrogens is 260 g/mol. The van der Waals surface area contributed by atoms with Crippen LogP contribution in [-0.4, -0.2) is 0 Å². The topological polar surface area (TPSA) is 0 Å². The van der Waals surface area contributed by atoms with Crippen LogP contribution in [-0.2, 0) is 0 Å². The molecule has 79 valence electrons. The van der Waals surface area contributed by atoms with Crippen molar-refractivity contribution in [2.45, 2.75) is 18.8 Å². The van der Waals surface area contributed by atoms with Gasteiger partial charge < -0.3 is 0 Å². The van der Waals surface area contributed by atoms with E-state index in [4.69, 9.17) is 0 Å². The zero-order valence-electron chi connectivity index (χ0n) is 8.91. The third-order valence-electron chi connectivity index (χ3n) is 3.03. The maximum Gasteiger partial charge on any atom is 0.0175 e. The SMILES string of the molecule is Brc1ccc(-c2[c]ccc(C3CC3)c2)cc1. The van der Waals surface area contributed by atoms with E-state index in [1.165, 1.54) is 29.5 Å². The second-order valence-electron chi connectivity index (χ2n) is 4.32. The van der Waals surface area contributed by atoms with Crippen LogP contribution in [0.1, 0.15) is 24.3 Å². The number of hydrogen-bond donors (Lipinski definition) is 0. The molecule has 0 aliphatic heterocycles. The summed E-state index contributed by atoms with van der Waals surface area (Å²) >= 11 is 3.46. The van der Waals surface area contributed by atoms with Crippen LogP contribution in [0.3, 0.4) is 0 Å². The average molecular weight is 272 g/mol. The number of benzene rings is 2. The molecule has 0 atom stereocenters. The molecule has 1 aliphatic rings. The molecule has 0 nitrogen and oxygen atoms in total. The van der Waals surface area contributed by atoms with E-state index in [0.717, 1.165) is 10.4 Å². The van der Waals surface area contributed by atoms with Gasteiger partial charge in [-0.3, -0.25) is 0 Å². The van der Waals surface area contributed by atoms with Gasteiger partial charge in [-0.1, -0.05) is 46.3 Å². The van der Waals surface area contributed by atoms with Crippen molar-refractivity contribution in [2.24, 2.45) is 0 Å². The second kappa shape index (κ2) is 4.06. The van der Waals surface area contributed by atoms with Gasteiger partial charge in [-0.05, 0) is 53.6 Å². The van der Waals surface area contributed by atoms with Crippen LogP contribution in [0.15, 0.2) is 46.9 Å². The quantitative estimate of drug-likeness (QED) is 0.737. The summed E-state index contributed by atoms with van der Waals surface area (Å²) in [6.07, 6.45) is 2.70. The summed E-state index contributed by atoms with van der Waals surface area (Å²) in [5.41, 5.74) is 3.92. The lowest BCUT2D eigenvalue weighted by Gasteiger charge is -2.04. The lowest BCUT2D eigenvalue weighted by Crippen LogP contribution is -1.82. The number of halogens is 1. The fourth-order valence-corrected chi connectivity index (χ4v) is 2.22. The Kier molecular flexibility index (Phi) is 2.56. The third kappa shape index (κ3) is 2.05. The maximum absolute atomic E-state index is 3.46. The Morgan fingerprint density at radius 1 is 1.06 bits per heavy atom. The molecule has 0 spiro atoms. The normalized spacial score (nSPS) is 15.1. The molecule has 1 fully saturated rings. The van der Waals surface area contributed by atoms with Gasteiger partial charge in [0.1, 0.15) is 0 Å². The molecule has 0 bridgehead atoms. The van der Waals surface area contributed by atoms with E-state index in [-0.39, 0.29) is 0 Å². The fraction of sp³-hybridized carbons (Fsp3) is 0.200. The van der Waals surface area contributed by atoms with Crippen LogP contribution in [0, 0.1) is 6.07 Å².